The highest BCUT2D eigenvalue weighted by Crippen LogP contribution is 2.75. The number of hydrogen-bond donors (Lipinski definition) is 3. The summed E-state index contributed by atoms with van der Waals surface area (Å²) in [5, 5.41) is 30.8. The van der Waals surface area contributed by atoms with Crippen molar-refractivity contribution < 1.29 is 34.4 Å². The van der Waals surface area contributed by atoms with Crippen molar-refractivity contribution in [3.63, 3.8) is 0 Å². The number of ether oxygens (including phenoxy) is 1. The van der Waals surface area contributed by atoms with E-state index in [4.69, 9.17) is 9.84 Å². The topological polar surface area (TPSA) is 121 Å². The van der Waals surface area contributed by atoms with Gasteiger partial charge in [0.15, 0.2) is 5.78 Å². The summed E-state index contributed by atoms with van der Waals surface area (Å²) in [6.45, 7) is 4.16. The number of fused-ring (bicyclic) bond motifs is 2. The van der Waals surface area contributed by atoms with Crippen molar-refractivity contribution in [2.75, 3.05) is 0 Å². The molecule has 0 amide bonds. The van der Waals surface area contributed by atoms with Gasteiger partial charge in [0.05, 0.1) is 23.2 Å². The largest absolute Gasteiger partial charge is 0.481 e. The number of ketones is 1. The van der Waals surface area contributed by atoms with Crippen molar-refractivity contribution in [3.05, 3.63) is 11.6 Å². The Morgan fingerprint density at radius 3 is 2.57 bits per heavy atom. The van der Waals surface area contributed by atoms with Crippen LogP contribution < -0.4 is 0 Å². The molecule has 5 aliphatic rings. The lowest BCUT2D eigenvalue weighted by atomic mass is 9.38. The van der Waals surface area contributed by atoms with Crippen LogP contribution >= 0.6 is 0 Å². The van der Waals surface area contributed by atoms with E-state index >= 15 is 0 Å². The molecule has 0 radical (unpaired) electrons. The van der Waals surface area contributed by atoms with E-state index in [0.717, 1.165) is 5.57 Å². The van der Waals surface area contributed by atoms with E-state index < -0.39 is 34.5 Å². The number of carbonyl (C=O) groups excluding carboxylic acids is 1. The molecule has 1 aliphatic heterocycles. The Hall–Kier alpha value is -1.73. The first-order valence-corrected chi connectivity index (χ1v) is 11.1. The average Bonchev–Trinajstić information content (AvgIpc) is 2.93. The molecule has 0 aromatic carbocycles. The van der Waals surface area contributed by atoms with Crippen molar-refractivity contribution in [1.82, 2.24) is 0 Å². The molecule has 1 saturated heterocycles. The van der Waals surface area contributed by atoms with Gasteiger partial charge in [-0.05, 0) is 55.9 Å². The van der Waals surface area contributed by atoms with Gasteiger partial charge >= 0.3 is 11.9 Å². The summed E-state index contributed by atoms with van der Waals surface area (Å²) in [4.78, 5) is 35.8. The van der Waals surface area contributed by atoms with Gasteiger partial charge in [-0.25, -0.2) is 0 Å². The van der Waals surface area contributed by atoms with Gasteiger partial charge in [-0.15, -0.1) is 0 Å². The van der Waals surface area contributed by atoms with Gasteiger partial charge in [-0.1, -0.05) is 19.4 Å². The molecule has 164 valence electrons. The number of carboxylic acids is 2. The van der Waals surface area contributed by atoms with Crippen LogP contribution in [0.1, 0.15) is 65.2 Å². The molecular formula is C23H30O7. The van der Waals surface area contributed by atoms with E-state index in [0.29, 0.717) is 38.5 Å². The monoisotopic (exact) mass is 418 g/mol. The number of hydrogen-bond acceptors (Lipinski definition) is 5. The molecule has 1 spiro atoms. The molecule has 3 N–H and O–H groups in total. The van der Waals surface area contributed by atoms with E-state index in [1.165, 1.54) is 0 Å². The van der Waals surface area contributed by atoms with Crippen molar-refractivity contribution in [2.45, 2.75) is 82.5 Å². The van der Waals surface area contributed by atoms with Crippen LogP contribution in [-0.4, -0.2) is 50.3 Å². The third-order valence-electron chi connectivity index (χ3n) is 9.95. The quantitative estimate of drug-likeness (QED) is 0.641. The fourth-order valence-electron chi connectivity index (χ4n) is 8.24. The summed E-state index contributed by atoms with van der Waals surface area (Å²) >= 11 is 0. The van der Waals surface area contributed by atoms with Crippen molar-refractivity contribution in [1.29, 1.82) is 0 Å². The Morgan fingerprint density at radius 2 is 1.90 bits per heavy atom. The fourth-order valence-corrected chi connectivity index (χ4v) is 8.24. The Balaban J connectivity index is 1.58. The highest BCUT2D eigenvalue weighted by Gasteiger charge is 2.79. The zero-order chi connectivity index (χ0) is 21.7. The van der Waals surface area contributed by atoms with Crippen molar-refractivity contribution >= 4 is 17.7 Å². The van der Waals surface area contributed by atoms with E-state index in [2.05, 4.69) is 6.92 Å². The summed E-state index contributed by atoms with van der Waals surface area (Å²) in [6.07, 6.45) is 4.71. The maximum absolute atomic E-state index is 12.4. The standard InChI is InChI=1S/C23H30O7/c1-20-7-8-23-18(15(20)3-5-22(20,29)6-4-17(25)26)14(19(27)28)10-12-9-13(24)11-16(30-23)21(12,23)2/h9,14-16,18,29H,3-8,10-11H2,1-2H3,(H,25,26)(H,27,28)/t14?,15-,16?,18-,20-,21+,22-,23+/m0/s1. The normalized spacial score (nSPS) is 51.2. The second kappa shape index (κ2) is 5.94. The van der Waals surface area contributed by atoms with Crippen molar-refractivity contribution in [2.24, 2.45) is 28.6 Å². The van der Waals surface area contributed by atoms with Crippen LogP contribution in [-0.2, 0) is 19.1 Å². The molecule has 7 heteroatoms. The third kappa shape index (κ3) is 2.15. The number of carbonyl (C=O) groups is 3. The van der Waals surface area contributed by atoms with Crippen LogP contribution in [0.5, 0.6) is 0 Å². The molecule has 0 aromatic rings. The second-order valence-corrected chi connectivity index (χ2v) is 10.7. The van der Waals surface area contributed by atoms with Crippen LogP contribution in [0.2, 0.25) is 0 Å². The molecule has 3 saturated carbocycles. The van der Waals surface area contributed by atoms with Gasteiger partial charge in [0, 0.05) is 24.2 Å². The zero-order valence-corrected chi connectivity index (χ0v) is 17.5. The molecule has 0 bridgehead atoms. The highest BCUT2D eigenvalue weighted by molar-refractivity contribution is 5.93. The number of rotatable bonds is 4. The fraction of sp³-hybridized carbons (Fsp3) is 0.783. The Bertz CT molecular complexity index is 879. The number of aliphatic carboxylic acids is 2. The molecule has 5 rings (SSSR count). The lowest BCUT2D eigenvalue weighted by molar-refractivity contribution is -0.366. The van der Waals surface area contributed by atoms with E-state index in [9.17, 15) is 24.6 Å². The molecule has 4 fully saturated rings. The zero-order valence-electron chi connectivity index (χ0n) is 17.5. The molecular weight excluding hydrogens is 388 g/mol. The summed E-state index contributed by atoms with van der Waals surface area (Å²) in [6, 6.07) is 0. The van der Waals surface area contributed by atoms with Crippen molar-refractivity contribution in [3.8, 4) is 0 Å². The molecule has 0 aromatic heterocycles. The molecule has 8 atom stereocenters. The maximum atomic E-state index is 12.4. The summed E-state index contributed by atoms with van der Waals surface area (Å²) in [5.41, 5.74) is -1.68. The predicted molar refractivity (Wildman–Crippen MR) is 105 cm³/mol. The van der Waals surface area contributed by atoms with Gasteiger partial charge in [-0.2, -0.15) is 0 Å². The lowest BCUT2D eigenvalue weighted by Crippen LogP contribution is -2.79. The first-order chi connectivity index (χ1) is 14.0. The van der Waals surface area contributed by atoms with E-state index in [1.807, 2.05) is 6.92 Å². The lowest BCUT2D eigenvalue weighted by Gasteiger charge is -2.74. The van der Waals surface area contributed by atoms with Crippen LogP contribution in [0, 0.1) is 28.6 Å². The van der Waals surface area contributed by atoms with Crippen LogP contribution in [0.3, 0.4) is 0 Å². The van der Waals surface area contributed by atoms with Gasteiger partial charge in [0.2, 0.25) is 0 Å². The van der Waals surface area contributed by atoms with Crippen LogP contribution in [0.4, 0.5) is 0 Å². The Morgan fingerprint density at radius 1 is 1.17 bits per heavy atom. The second-order valence-electron chi connectivity index (χ2n) is 10.7. The summed E-state index contributed by atoms with van der Waals surface area (Å²) in [5.74, 6) is -2.76. The van der Waals surface area contributed by atoms with Gasteiger partial charge in [-0.3, -0.25) is 14.4 Å². The van der Waals surface area contributed by atoms with Gasteiger partial charge < -0.3 is 20.1 Å². The summed E-state index contributed by atoms with van der Waals surface area (Å²) in [7, 11) is 0. The molecule has 1 heterocycles. The number of aliphatic hydroxyl groups is 1. The Kier molecular flexibility index (Phi) is 4.00. The van der Waals surface area contributed by atoms with Crippen LogP contribution in [0.25, 0.3) is 0 Å². The predicted octanol–water partition coefficient (Wildman–Crippen LogP) is 2.56. The average molecular weight is 418 g/mol. The highest BCUT2D eigenvalue weighted by atomic mass is 16.5. The molecule has 7 nitrogen and oxygen atoms in total. The third-order valence-corrected chi connectivity index (χ3v) is 9.95. The van der Waals surface area contributed by atoms with E-state index in [1.54, 1.807) is 6.08 Å². The maximum Gasteiger partial charge on any atom is 0.307 e. The minimum Gasteiger partial charge on any atom is -0.481 e. The minimum absolute atomic E-state index is 0.00877. The van der Waals surface area contributed by atoms with Gasteiger partial charge in [0.1, 0.15) is 0 Å². The molecule has 30 heavy (non-hydrogen) atoms. The smallest absolute Gasteiger partial charge is 0.307 e. The number of carboxylic acid groups (broad SMARTS) is 2. The van der Waals surface area contributed by atoms with Crippen LogP contribution in [0.15, 0.2) is 11.6 Å². The summed E-state index contributed by atoms with van der Waals surface area (Å²) < 4.78 is 6.48. The SMILES string of the molecule is C[C@]12CC[C@@]34OC5CC(=O)C=C(CC(C(=O)O)[C@H]3[C@@H]1CC[C@]2(O)CCC(=O)O)[C@]54C. The molecule has 2 unspecified atom stereocenters. The minimum atomic E-state index is -1.11. The first kappa shape index (κ1) is 20.2. The Labute approximate surface area is 175 Å². The van der Waals surface area contributed by atoms with E-state index in [-0.39, 0.29) is 42.0 Å². The molecule has 4 aliphatic carbocycles. The first-order valence-electron chi connectivity index (χ1n) is 11.1. The van der Waals surface area contributed by atoms with Gasteiger partial charge in [0.25, 0.3) is 0 Å².